The zero-order chi connectivity index (χ0) is 76.2. The Morgan fingerprint density at radius 2 is 0.699 bits per heavy atom. The Kier molecular flexibility index (Phi) is 18.4. The standard InChI is InChI=1S/C44H26N4O.C29H18ClN3.C21H20BNO3.C4H8O.H2/c1-2-9-31-23-33(20-15-27(31)7-1)43-46-42(30-18-16-29(17-19-30)36-12-5-10-28-8-3-4-11-35(28)36)47-44(48-43)37-13-6-14-39-41(37)38-24-34-26-45-22-21-32(34)25-40(38)49-39;30-29-32-27(31-28(33-29)24-17-12-19-6-1-2-8-23(19)18-24)22-15-13-21(14-16-22)26-11-5-9-20-7-3-4-10-25(20)26;1-20(2)21(3,4)26-22(25-20)16-6-5-7-17-19(16)15-10-14-12-23-9-8-13(14)11-18(15)24-17;1-2-4-5-3-1;/h1-26H;1-18H;5-12H,1-4H3;1-4H2;1H. The van der Waals surface area contributed by atoms with E-state index in [2.05, 4.69) is 272 Å². The highest BCUT2D eigenvalue weighted by Gasteiger charge is 2.52. The molecule has 0 saturated carbocycles. The third kappa shape index (κ3) is 13.8. The minimum Gasteiger partial charge on any atom is -0.456 e. The first-order valence-electron chi connectivity index (χ1n) is 38.0. The molecule has 0 bridgehead atoms. The fourth-order valence-corrected chi connectivity index (χ4v) is 15.4. The monoisotopic (exact) mass is 1490 g/mol. The molecule has 8 heterocycles. The second-order valence-corrected chi connectivity index (χ2v) is 29.9. The Morgan fingerprint density at radius 3 is 1.21 bits per heavy atom. The van der Waals surface area contributed by atoms with Crippen LogP contribution in [0.3, 0.4) is 0 Å². The van der Waals surface area contributed by atoms with Crippen LogP contribution in [0.1, 0.15) is 42.0 Å². The van der Waals surface area contributed by atoms with Gasteiger partial charge < -0.3 is 22.9 Å². The van der Waals surface area contributed by atoms with Crippen LogP contribution >= 0.6 is 11.6 Å². The molecule has 2 saturated heterocycles. The van der Waals surface area contributed by atoms with Gasteiger partial charge in [-0.05, 0) is 194 Å². The smallest absolute Gasteiger partial charge is 0.456 e. The fourth-order valence-electron chi connectivity index (χ4n) is 15.3. The molecular formula is C98H74BClN8O5. The summed E-state index contributed by atoms with van der Waals surface area (Å²) < 4.78 is 30.0. The number of halogens is 1. The molecule has 0 spiro atoms. The predicted octanol–water partition coefficient (Wildman–Crippen LogP) is 24.6. The minimum absolute atomic E-state index is 0. The zero-order valence-corrected chi connectivity index (χ0v) is 63.2. The molecule has 0 atom stereocenters. The van der Waals surface area contributed by atoms with Crippen LogP contribution < -0.4 is 5.46 Å². The van der Waals surface area contributed by atoms with Gasteiger partial charge >= 0.3 is 7.12 Å². The highest BCUT2D eigenvalue weighted by molar-refractivity contribution is 6.66. The molecule has 14 aromatic carbocycles. The fraction of sp³-hybridized carbons (Fsp3) is 0.102. The molecule has 113 heavy (non-hydrogen) atoms. The van der Waals surface area contributed by atoms with Crippen LogP contribution in [0.4, 0.5) is 0 Å². The van der Waals surface area contributed by atoms with Crippen molar-refractivity contribution in [2.24, 2.45) is 0 Å². The molecule has 2 aliphatic heterocycles. The summed E-state index contributed by atoms with van der Waals surface area (Å²) in [6, 6.07) is 100. The lowest BCUT2D eigenvalue weighted by molar-refractivity contribution is 0.00578. The largest absolute Gasteiger partial charge is 0.495 e. The molecular weight excluding hydrogens is 1420 g/mol. The van der Waals surface area contributed by atoms with E-state index in [4.69, 9.17) is 54.4 Å². The molecule has 2 aliphatic rings. The van der Waals surface area contributed by atoms with Crippen LogP contribution in [0.5, 0.6) is 0 Å². The van der Waals surface area contributed by atoms with E-state index in [1.54, 1.807) is 12.4 Å². The molecule has 13 nitrogen and oxygen atoms in total. The van der Waals surface area contributed by atoms with Crippen LogP contribution in [0, 0.1) is 0 Å². The number of furan rings is 2. The lowest BCUT2D eigenvalue weighted by Gasteiger charge is -2.32. The number of hydrogen-bond acceptors (Lipinski definition) is 13. The van der Waals surface area contributed by atoms with Gasteiger partial charge in [0.15, 0.2) is 29.1 Å². The number of aromatic nitrogens is 8. The second kappa shape index (κ2) is 29.6. The lowest BCUT2D eigenvalue weighted by atomic mass is 9.76. The zero-order valence-electron chi connectivity index (χ0n) is 62.4. The quantitative estimate of drug-likeness (QED) is 0.133. The summed E-state index contributed by atoms with van der Waals surface area (Å²) in [5, 5.41) is 18.1. The van der Waals surface area contributed by atoms with Gasteiger partial charge in [-0.15, -0.1) is 0 Å². The number of rotatable bonds is 8. The van der Waals surface area contributed by atoms with Crippen molar-refractivity contribution in [3.63, 3.8) is 0 Å². The molecule has 0 radical (unpaired) electrons. The highest BCUT2D eigenvalue weighted by atomic mass is 35.5. The van der Waals surface area contributed by atoms with Gasteiger partial charge in [0.2, 0.25) is 5.28 Å². The molecule has 15 heteroatoms. The van der Waals surface area contributed by atoms with Crippen LogP contribution in [0.2, 0.25) is 5.28 Å². The maximum absolute atomic E-state index is 6.39. The Balaban J connectivity index is 0.000000121. The van der Waals surface area contributed by atoms with Crippen LogP contribution in [0.25, 0.3) is 188 Å². The molecule has 0 amide bonds. The summed E-state index contributed by atoms with van der Waals surface area (Å²) in [4.78, 5) is 37.4. The predicted molar refractivity (Wildman–Crippen MR) is 462 cm³/mol. The average Bonchev–Trinajstić information content (AvgIpc) is 1.57. The topological polar surface area (TPSA) is 157 Å². The molecule has 0 unspecified atom stereocenters. The minimum atomic E-state index is -0.422. The summed E-state index contributed by atoms with van der Waals surface area (Å²) in [5.74, 6) is 2.93. The van der Waals surface area contributed by atoms with Gasteiger partial charge in [-0.25, -0.2) is 19.9 Å². The van der Waals surface area contributed by atoms with Gasteiger partial charge in [0.25, 0.3) is 0 Å². The molecule has 20 aromatic rings. The molecule has 546 valence electrons. The Morgan fingerprint density at radius 1 is 0.310 bits per heavy atom. The molecule has 2 fully saturated rings. The molecule has 0 aliphatic carbocycles. The number of nitrogens with zero attached hydrogens (tertiary/aromatic N) is 8. The Hall–Kier alpha value is -13.2. The van der Waals surface area contributed by atoms with Gasteiger partial charge in [0.1, 0.15) is 22.3 Å². The number of pyridine rings is 2. The Bertz CT molecular complexity index is 7020. The summed E-state index contributed by atoms with van der Waals surface area (Å²) in [6.45, 7) is 10.3. The number of fused-ring (bicyclic) bond motifs is 12. The number of benzene rings is 14. The van der Waals surface area contributed by atoms with E-state index in [0.717, 1.165) is 134 Å². The van der Waals surface area contributed by atoms with Crippen LogP contribution in [-0.4, -0.2) is 71.4 Å². The molecule has 22 rings (SSSR count). The Labute approximate surface area is 658 Å². The third-order valence-corrected chi connectivity index (χ3v) is 22.0. The van der Waals surface area contributed by atoms with Crippen molar-refractivity contribution in [1.82, 2.24) is 39.9 Å². The van der Waals surface area contributed by atoms with Crippen molar-refractivity contribution in [2.45, 2.75) is 51.7 Å². The van der Waals surface area contributed by atoms with E-state index in [9.17, 15) is 0 Å². The van der Waals surface area contributed by atoms with E-state index in [0.29, 0.717) is 29.1 Å². The summed E-state index contributed by atoms with van der Waals surface area (Å²) >= 11 is 6.30. The molecule has 0 N–H and O–H groups in total. The first-order chi connectivity index (χ1) is 55.3. The van der Waals surface area contributed by atoms with Crippen molar-refractivity contribution < 1.29 is 24.3 Å². The number of ether oxygens (including phenoxy) is 1. The van der Waals surface area contributed by atoms with Gasteiger partial charge in [0.05, 0.1) is 11.2 Å². The van der Waals surface area contributed by atoms with Gasteiger partial charge in [0, 0.05) is 99.6 Å². The number of hydrogen-bond donors (Lipinski definition) is 0. The van der Waals surface area contributed by atoms with Gasteiger partial charge in [-0.1, -0.05) is 231 Å². The lowest BCUT2D eigenvalue weighted by Crippen LogP contribution is -2.41. The van der Waals surface area contributed by atoms with E-state index in [1.807, 2.05) is 79.1 Å². The van der Waals surface area contributed by atoms with Crippen LogP contribution in [-0.2, 0) is 14.0 Å². The van der Waals surface area contributed by atoms with Crippen molar-refractivity contribution in [3.8, 4) is 79.2 Å². The van der Waals surface area contributed by atoms with E-state index in [-0.39, 0.29) is 17.9 Å². The van der Waals surface area contributed by atoms with Crippen molar-refractivity contribution in [2.75, 3.05) is 13.2 Å². The summed E-state index contributed by atoms with van der Waals surface area (Å²) in [5.41, 5.74) is 12.8. The first-order valence-corrected chi connectivity index (χ1v) is 38.4. The SMILES string of the molecule is C1CCOC1.CC1(C)OB(c2cccc3oc4cc5ccncc5cc4c23)OC1(C)C.Clc1nc(-c2ccc(-c3cccc4ccccc34)cc2)nc(-c2ccc3ccccc3c2)n1.[HH].c1ccc2cc(-c3nc(-c4ccc(-c5cccc6ccccc56)cc4)nc(-c4cccc5oc6cc7ccncc7cc6c45)n3)ccc2c1. The summed E-state index contributed by atoms with van der Waals surface area (Å²) in [6.07, 6.45) is 9.92. The van der Waals surface area contributed by atoms with E-state index >= 15 is 0 Å². The van der Waals surface area contributed by atoms with Crippen LogP contribution in [0.15, 0.2) is 325 Å². The maximum atomic E-state index is 6.39. The van der Waals surface area contributed by atoms with Crippen molar-refractivity contribution >= 4 is 133 Å². The highest BCUT2D eigenvalue weighted by Crippen LogP contribution is 2.42. The van der Waals surface area contributed by atoms with Gasteiger partial charge in [-0.2, -0.15) is 9.97 Å². The third-order valence-electron chi connectivity index (χ3n) is 21.9. The van der Waals surface area contributed by atoms with Crippen molar-refractivity contribution in [3.05, 3.63) is 321 Å². The van der Waals surface area contributed by atoms with E-state index < -0.39 is 7.12 Å². The summed E-state index contributed by atoms with van der Waals surface area (Å²) in [7, 11) is -0.422. The maximum Gasteiger partial charge on any atom is 0.495 e. The first kappa shape index (κ1) is 70.2. The van der Waals surface area contributed by atoms with Gasteiger partial charge in [-0.3, -0.25) is 9.97 Å². The normalized spacial score (nSPS) is 13.8. The second-order valence-electron chi connectivity index (χ2n) is 29.5. The molecule has 6 aromatic heterocycles. The van der Waals surface area contributed by atoms with E-state index in [1.165, 1.54) is 56.3 Å². The average molecular weight is 1490 g/mol. The van der Waals surface area contributed by atoms with Crippen molar-refractivity contribution in [1.29, 1.82) is 0 Å².